The highest BCUT2D eigenvalue weighted by molar-refractivity contribution is 7.94. The first-order valence-electron chi connectivity index (χ1n) is 9.11. The van der Waals surface area contributed by atoms with Crippen LogP contribution in [-0.2, 0) is 10.0 Å². The minimum atomic E-state index is -3.82. The number of rotatable bonds is 8. The molecule has 1 unspecified atom stereocenters. The van der Waals surface area contributed by atoms with Gasteiger partial charge in [0.1, 0.15) is 16.2 Å². The fourth-order valence-corrected chi connectivity index (χ4v) is 5.31. The minimum absolute atomic E-state index is 0.139. The lowest BCUT2D eigenvalue weighted by Gasteiger charge is -2.15. The average Bonchev–Trinajstić information content (AvgIpc) is 3.47. The molecule has 0 aliphatic carbocycles. The lowest BCUT2D eigenvalue weighted by atomic mass is 9.91. The van der Waals surface area contributed by atoms with Crippen molar-refractivity contribution in [2.24, 2.45) is 0 Å². The van der Waals surface area contributed by atoms with Gasteiger partial charge in [-0.15, -0.1) is 11.3 Å². The first-order valence-corrected chi connectivity index (χ1v) is 11.4. The van der Waals surface area contributed by atoms with Gasteiger partial charge in [0.25, 0.3) is 10.0 Å². The largest absolute Gasteiger partial charge is 0.364 e. The Morgan fingerprint density at radius 2 is 1.94 bits per heavy atom. The van der Waals surface area contributed by atoms with Crippen molar-refractivity contribution in [1.82, 2.24) is 10.1 Å². The summed E-state index contributed by atoms with van der Waals surface area (Å²) in [5.41, 5.74) is 2.36. The molecule has 156 valence electrons. The van der Waals surface area contributed by atoms with Crippen LogP contribution in [0.1, 0.15) is 17.0 Å². The van der Waals surface area contributed by atoms with Gasteiger partial charge in [-0.1, -0.05) is 17.3 Å². The van der Waals surface area contributed by atoms with Crippen molar-refractivity contribution in [1.29, 1.82) is 10.8 Å². The van der Waals surface area contributed by atoms with Crippen LogP contribution in [0.25, 0.3) is 10.6 Å². The minimum Gasteiger partial charge on any atom is -0.364 e. The standard InChI is InChI=1S/C21H17N5O3S2/c22-13-17(14-6-9-24-10-7-14)21(23)15-2-1-3-16(12-15)26-31(27,28)20-5-4-19(30-20)18-8-11-29-25-18/h1-13,17,22-23,26H. The number of benzene rings is 1. The highest BCUT2D eigenvalue weighted by Gasteiger charge is 2.20. The third kappa shape index (κ3) is 4.44. The molecule has 0 bridgehead atoms. The summed E-state index contributed by atoms with van der Waals surface area (Å²) in [6.07, 6.45) is 5.83. The summed E-state index contributed by atoms with van der Waals surface area (Å²) >= 11 is 1.08. The van der Waals surface area contributed by atoms with Crippen molar-refractivity contribution in [3.63, 3.8) is 0 Å². The van der Waals surface area contributed by atoms with E-state index in [1.807, 2.05) is 0 Å². The highest BCUT2D eigenvalue weighted by atomic mass is 32.2. The van der Waals surface area contributed by atoms with Crippen LogP contribution in [0.4, 0.5) is 5.69 Å². The van der Waals surface area contributed by atoms with Gasteiger partial charge in [0.05, 0.1) is 16.5 Å². The molecule has 10 heteroatoms. The van der Waals surface area contributed by atoms with Crippen LogP contribution in [0.5, 0.6) is 0 Å². The molecule has 0 amide bonds. The number of thiophene rings is 1. The molecular formula is C21H17N5O3S2. The predicted molar refractivity (Wildman–Crippen MR) is 120 cm³/mol. The Morgan fingerprint density at radius 3 is 2.65 bits per heavy atom. The summed E-state index contributed by atoms with van der Waals surface area (Å²) in [7, 11) is -3.82. The van der Waals surface area contributed by atoms with Crippen LogP contribution in [-0.4, -0.2) is 30.5 Å². The Balaban J connectivity index is 1.57. The van der Waals surface area contributed by atoms with E-state index < -0.39 is 15.9 Å². The number of hydrogen-bond donors (Lipinski definition) is 3. The molecule has 0 aliphatic heterocycles. The lowest BCUT2D eigenvalue weighted by molar-refractivity contribution is 0.422. The zero-order valence-corrected chi connectivity index (χ0v) is 17.7. The number of anilines is 1. The molecule has 0 aliphatic rings. The molecule has 1 aromatic carbocycles. The van der Waals surface area contributed by atoms with Gasteiger partial charge in [0.15, 0.2) is 0 Å². The Hall–Kier alpha value is -3.63. The smallest absolute Gasteiger partial charge is 0.271 e. The van der Waals surface area contributed by atoms with Gasteiger partial charge in [0, 0.05) is 30.4 Å². The number of nitrogens with one attached hydrogen (secondary N) is 3. The van der Waals surface area contributed by atoms with E-state index in [2.05, 4.69) is 14.9 Å². The number of pyridine rings is 1. The first kappa shape index (κ1) is 20.6. The van der Waals surface area contributed by atoms with Crippen molar-refractivity contribution < 1.29 is 12.9 Å². The van der Waals surface area contributed by atoms with Crippen molar-refractivity contribution in [3.05, 3.63) is 84.4 Å². The van der Waals surface area contributed by atoms with Crippen LogP contribution in [0.3, 0.4) is 0 Å². The van der Waals surface area contributed by atoms with Gasteiger partial charge in [-0.25, -0.2) is 8.42 Å². The van der Waals surface area contributed by atoms with Crippen LogP contribution in [0.15, 0.2) is 82.0 Å². The molecule has 3 N–H and O–H groups in total. The second-order valence-electron chi connectivity index (χ2n) is 6.53. The Kier molecular flexibility index (Phi) is 5.74. The summed E-state index contributed by atoms with van der Waals surface area (Å²) in [5.74, 6) is -0.558. The van der Waals surface area contributed by atoms with Gasteiger partial charge < -0.3 is 15.3 Å². The fourth-order valence-electron chi connectivity index (χ4n) is 2.99. The van der Waals surface area contributed by atoms with Crippen LogP contribution >= 0.6 is 11.3 Å². The van der Waals surface area contributed by atoms with E-state index >= 15 is 0 Å². The third-order valence-corrected chi connectivity index (χ3v) is 7.49. The van der Waals surface area contributed by atoms with E-state index in [9.17, 15) is 8.42 Å². The summed E-state index contributed by atoms with van der Waals surface area (Å²) in [4.78, 5) is 4.64. The third-order valence-electron chi connectivity index (χ3n) is 4.51. The maximum absolute atomic E-state index is 12.8. The predicted octanol–water partition coefficient (Wildman–Crippen LogP) is 4.40. The maximum Gasteiger partial charge on any atom is 0.271 e. The summed E-state index contributed by atoms with van der Waals surface area (Å²) in [5, 5.41) is 20.1. The van der Waals surface area contributed by atoms with Crippen LogP contribution in [0.2, 0.25) is 0 Å². The lowest BCUT2D eigenvalue weighted by Crippen LogP contribution is -2.15. The second kappa shape index (κ2) is 8.62. The topological polar surface area (TPSA) is 133 Å². The molecule has 8 nitrogen and oxygen atoms in total. The van der Waals surface area contributed by atoms with Crippen LogP contribution < -0.4 is 4.72 Å². The summed E-state index contributed by atoms with van der Waals surface area (Å²) in [6.45, 7) is 0. The van der Waals surface area contributed by atoms with Crippen molar-refractivity contribution >= 4 is 39.0 Å². The van der Waals surface area contributed by atoms with E-state index in [0.717, 1.165) is 16.9 Å². The van der Waals surface area contributed by atoms with E-state index in [4.69, 9.17) is 15.3 Å². The molecule has 3 aromatic heterocycles. The van der Waals surface area contributed by atoms with Crippen molar-refractivity contribution in [3.8, 4) is 10.6 Å². The van der Waals surface area contributed by atoms with Crippen LogP contribution in [0, 0.1) is 10.8 Å². The van der Waals surface area contributed by atoms with Gasteiger partial charge in [-0.05, 0) is 47.5 Å². The SMILES string of the molecule is N=CC(C(=N)c1cccc(NS(=O)(=O)c2ccc(-c3ccon3)s2)c1)c1ccncc1. The summed E-state index contributed by atoms with van der Waals surface area (Å²) < 4.78 is 33.2. The number of nitrogens with zero attached hydrogens (tertiary/aromatic N) is 2. The Morgan fingerprint density at radius 1 is 1.13 bits per heavy atom. The van der Waals surface area contributed by atoms with Gasteiger partial charge >= 0.3 is 0 Å². The number of aromatic nitrogens is 2. The molecular weight excluding hydrogens is 434 g/mol. The molecule has 4 rings (SSSR count). The maximum atomic E-state index is 12.8. The number of hydrogen-bond acceptors (Lipinski definition) is 8. The van der Waals surface area contributed by atoms with E-state index in [-0.39, 0.29) is 9.92 Å². The average molecular weight is 452 g/mol. The Labute approximate surface area is 182 Å². The zero-order valence-electron chi connectivity index (χ0n) is 16.0. The van der Waals surface area contributed by atoms with Crippen molar-refractivity contribution in [2.75, 3.05) is 4.72 Å². The highest BCUT2D eigenvalue weighted by Crippen LogP contribution is 2.31. The van der Waals surface area contributed by atoms with E-state index in [1.165, 1.54) is 18.5 Å². The molecule has 0 radical (unpaired) electrons. The number of sulfonamides is 1. The molecule has 3 heterocycles. The molecule has 0 saturated carbocycles. The van der Waals surface area contributed by atoms with E-state index in [0.29, 0.717) is 21.8 Å². The first-order chi connectivity index (χ1) is 15.0. The molecule has 0 saturated heterocycles. The zero-order chi connectivity index (χ0) is 21.8. The molecule has 0 spiro atoms. The van der Waals surface area contributed by atoms with Gasteiger partial charge in [-0.2, -0.15) is 0 Å². The molecule has 31 heavy (non-hydrogen) atoms. The quantitative estimate of drug-likeness (QED) is 0.342. The summed E-state index contributed by atoms with van der Waals surface area (Å²) in [6, 6.07) is 14.9. The monoisotopic (exact) mass is 451 g/mol. The normalized spacial score (nSPS) is 12.3. The van der Waals surface area contributed by atoms with Gasteiger partial charge in [0.2, 0.25) is 0 Å². The van der Waals surface area contributed by atoms with Gasteiger partial charge in [-0.3, -0.25) is 9.71 Å². The van der Waals surface area contributed by atoms with Crippen molar-refractivity contribution in [2.45, 2.75) is 10.1 Å². The Bertz CT molecular complexity index is 1320. The molecule has 1 atom stereocenters. The molecule has 0 fully saturated rings. The van der Waals surface area contributed by atoms with E-state index in [1.54, 1.807) is 60.9 Å². The molecule has 4 aromatic rings. The fraction of sp³-hybridized carbons (Fsp3) is 0.0476. The second-order valence-corrected chi connectivity index (χ2v) is 9.52.